The molecule has 2 rings (SSSR count). The summed E-state index contributed by atoms with van der Waals surface area (Å²) in [7, 11) is 0. The molecule has 2 aliphatic rings. The molecule has 2 aliphatic carbocycles. The number of hydrogen-bond donors (Lipinski definition) is 1. The zero-order valence-electron chi connectivity index (χ0n) is 13.0. The number of aliphatic hydroxyl groups is 1. The van der Waals surface area contributed by atoms with Crippen molar-refractivity contribution in [1.29, 1.82) is 5.26 Å². The van der Waals surface area contributed by atoms with Gasteiger partial charge in [-0.15, -0.1) is 0 Å². The molecular formula is C17H27NO2. The monoisotopic (exact) mass is 277 g/mol. The number of nitriles is 1. The Balaban J connectivity index is 2.05. The van der Waals surface area contributed by atoms with Gasteiger partial charge in [-0.05, 0) is 38.0 Å². The van der Waals surface area contributed by atoms with Crippen LogP contribution in [0.5, 0.6) is 0 Å². The van der Waals surface area contributed by atoms with Crippen LogP contribution in [0.15, 0.2) is 11.3 Å². The van der Waals surface area contributed by atoms with Gasteiger partial charge < -0.3 is 9.84 Å². The summed E-state index contributed by atoms with van der Waals surface area (Å²) < 4.78 is 6.39. The number of rotatable bonds is 6. The Hall–Kier alpha value is -1.01. The summed E-state index contributed by atoms with van der Waals surface area (Å²) in [6.07, 6.45) is 7.96. The minimum Gasteiger partial charge on any atom is -0.511 e. The van der Waals surface area contributed by atoms with E-state index in [-0.39, 0.29) is 11.9 Å². The van der Waals surface area contributed by atoms with Crippen molar-refractivity contribution in [1.82, 2.24) is 0 Å². The Morgan fingerprint density at radius 1 is 1.40 bits per heavy atom. The normalized spacial score (nSPS) is 27.2. The van der Waals surface area contributed by atoms with Crippen molar-refractivity contribution in [3.63, 3.8) is 0 Å². The van der Waals surface area contributed by atoms with Gasteiger partial charge in [0.1, 0.15) is 5.76 Å². The van der Waals surface area contributed by atoms with Gasteiger partial charge >= 0.3 is 0 Å². The predicted octanol–water partition coefficient (Wildman–Crippen LogP) is 4.50. The zero-order chi connectivity index (χ0) is 14.8. The summed E-state index contributed by atoms with van der Waals surface area (Å²) in [4.78, 5) is 0. The number of unbranched alkanes of at least 4 members (excludes halogenated alkanes) is 1. The molecule has 0 bridgehead atoms. The molecular weight excluding hydrogens is 250 g/mol. The first-order chi connectivity index (χ1) is 9.50. The molecule has 0 radical (unpaired) electrons. The first-order valence-electron chi connectivity index (χ1n) is 7.98. The van der Waals surface area contributed by atoms with Crippen LogP contribution in [0, 0.1) is 22.7 Å². The summed E-state index contributed by atoms with van der Waals surface area (Å²) >= 11 is 0. The lowest BCUT2D eigenvalue weighted by atomic mass is 9.75. The molecule has 20 heavy (non-hydrogen) atoms. The molecule has 0 aromatic rings. The highest BCUT2D eigenvalue weighted by molar-refractivity contribution is 5.31. The minimum absolute atomic E-state index is 0.0297. The standard InChI is InChI=1S/C17H27NO2/c1-4-5-6-14(12-7-8-12)20-15-10-9-13(11-18)16(19)17(15,2)3/h12,14-15,19H,4-10H2,1-3H3/t14-,15+/m0/s1. The van der Waals surface area contributed by atoms with Crippen molar-refractivity contribution < 1.29 is 9.84 Å². The average molecular weight is 277 g/mol. The van der Waals surface area contributed by atoms with Crippen molar-refractivity contribution in [2.75, 3.05) is 0 Å². The van der Waals surface area contributed by atoms with Gasteiger partial charge in [-0.25, -0.2) is 0 Å². The second-order valence-corrected chi connectivity index (χ2v) is 6.84. The number of aliphatic hydroxyl groups excluding tert-OH is 1. The second kappa shape index (κ2) is 6.18. The topological polar surface area (TPSA) is 53.2 Å². The summed E-state index contributed by atoms with van der Waals surface area (Å²) in [5.41, 5.74) is 0.0919. The molecule has 0 saturated heterocycles. The van der Waals surface area contributed by atoms with Gasteiger partial charge in [0, 0.05) is 5.41 Å². The van der Waals surface area contributed by atoms with Crippen molar-refractivity contribution in [3.8, 4) is 6.07 Å². The van der Waals surface area contributed by atoms with Crippen molar-refractivity contribution in [2.45, 2.75) is 77.9 Å². The molecule has 1 fully saturated rings. The van der Waals surface area contributed by atoms with E-state index in [0.29, 0.717) is 18.1 Å². The van der Waals surface area contributed by atoms with Gasteiger partial charge in [0.05, 0.1) is 23.9 Å². The van der Waals surface area contributed by atoms with Gasteiger partial charge in [-0.2, -0.15) is 5.26 Å². The molecule has 0 aromatic heterocycles. The summed E-state index contributed by atoms with van der Waals surface area (Å²) in [6, 6.07) is 2.13. The van der Waals surface area contributed by atoms with Crippen LogP contribution >= 0.6 is 0 Å². The van der Waals surface area contributed by atoms with E-state index in [0.717, 1.165) is 18.8 Å². The lowest BCUT2D eigenvalue weighted by Gasteiger charge is -2.39. The third kappa shape index (κ3) is 3.17. The summed E-state index contributed by atoms with van der Waals surface area (Å²) in [5.74, 6) is 0.960. The molecule has 2 atom stereocenters. The number of ether oxygens (including phenoxy) is 1. The van der Waals surface area contributed by atoms with Gasteiger partial charge in [0.25, 0.3) is 0 Å². The Labute approximate surface area is 122 Å². The second-order valence-electron chi connectivity index (χ2n) is 6.84. The van der Waals surface area contributed by atoms with Crippen LogP contribution in [-0.4, -0.2) is 17.3 Å². The Morgan fingerprint density at radius 3 is 2.65 bits per heavy atom. The SMILES string of the molecule is CCCC[C@H](O[C@@H]1CCC(C#N)=C(O)C1(C)C)C1CC1. The molecule has 0 amide bonds. The number of allylic oxidation sites excluding steroid dienone is 1. The maximum atomic E-state index is 10.3. The molecule has 1 N–H and O–H groups in total. The van der Waals surface area contributed by atoms with Crippen LogP contribution < -0.4 is 0 Å². The predicted molar refractivity (Wildman–Crippen MR) is 79.2 cm³/mol. The van der Waals surface area contributed by atoms with E-state index in [1.807, 2.05) is 13.8 Å². The fourth-order valence-corrected chi connectivity index (χ4v) is 3.14. The van der Waals surface area contributed by atoms with E-state index in [1.54, 1.807) is 0 Å². The molecule has 0 heterocycles. The van der Waals surface area contributed by atoms with E-state index in [2.05, 4.69) is 13.0 Å². The highest BCUT2D eigenvalue weighted by atomic mass is 16.5. The lowest BCUT2D eigenvalue weighted by molar-refractivity contribution is -0.0903. The highest BCUT2D eigenvalue weighted by Crippen LogP contribution is 2.44. The van der Waals surface area contributed by atoms with Gasteiger partial charge in [0.2, 0.25) is 0 Å². The molecule has 0 aliphatic heterocycles. The Morgan fingerprint density at radius 2 is 2.10 bits per heavy atom. The quantitative estimate of drug-likeness (QED) is 0.778. The molecule has 0 unspecified atom stereocenters. The van der Waals surface area contributed by atoms with Crippen LogP contribution in [0.1, 0.15) is 65.7 Å². The third-order valence-corrected chi connectivity index (χ3v) is 4.82. The summed E-state index contributed by atoms with van der Waals surface area (Å²) in [6.45, 7) is 6.20. The lowest BCUT2D eigenvalue weighted by Crippen LogP contribution is -2.40. The van der Waals surface area contributed by atoms with E-state index >= 15 is 0 Å². The molecule has 112 valence electrons. The average Bonchev–Trinajstić information content (AvgIpc) is 3.24. The first kappa shape index (κ1) is 15.4. The van der Waals surface area contributed by atoms with Crippen LogP contribution in [-0.2, 0) is 4.74 Å². The van der Waals surface area contributed by atoms with Crippen molar-refractivity contribution in [3.05, 3.63) is 11.3 Å². The van der Waals surface area contributed by atoms with E-state index < -0.39 is 5.41 Å². The molecule has 0 aromatic carbocycles. The van der Waals surface area contributed by atoms with Crippen LogP contribution in [0.3, 0.4) is 0 Å². The fourth-order valence-electron chi connectivity index (χ4n) is 3.14. The van der Waals surface area contributed by atoms with E-state index in [4.69, 9.17) is 10.00 Å². The largest absolute Gasteiger partial charge is 0.511 e. The fraction of sp³-hybridized carbons (Fsp3) is 0.824. The molecule has 1 saturated carbocycles. The Kier molecular flexibility index (Phi) is 4.75. The number of hydrogen-bond acceptors (Lipinski definition) is 3. The van der Waals surface area contributed by atoms with Crippen molar-refractivity contribution >= 4 is 0 Å². The maximum absolute atomic E-state index is 10.3. The highest BCUT2D eigenvalue weighted by Gasteiger charge is 2.43. The Bertz CT molecular complexity index is 415. The first-order valence-corrected chi connectivity index (χ1v) is 7.98. The zero-order valence-corrected chi connectivity index (χ0v) is 13.0. The van der Waals surface area contributed by atoms with Crippen LogP contribution in [0.25, 0.3) is 0 Å². The maximum Gasteiger partial charge on any atom is 0.114 e. The van der Waals surface area contributed by atoms with E-state index in [9.17, 15) is 5.11 Å². The van der Waals surface area contributed by atoms with Crippen molar-refractivity contribution in [2.24, 2.45) is 11.3 Å². The van der Waals surface area contributed by atoms with Crippen LogP contribution in [0.2, 0.25) is 0 Å². The molecule has 3 nitrogen and oxygen atoms in total. The minimum atomic E-state index is -0.442. The molecule has 3 heteroatoms. The summed E-state index contributed by atoms with van der Waals surface area (Å²) in [5, 5.41) is 19.4. The van der Waals surface area contributed by atoms with Crippen LogP contribution in [0.4, 0.5) is 0 Å². The van der Waals surface area contributed by atoms with Gasteiger partial charge in [0.15, 0.2) is 0 Å². The molecule has 0 spiro atoms. The number of nitrogens with zero attached hydrogens (tertiary/aromatic N) is 1. The van der Waals surface area contributed by atoms with Gasteiger partial charge in [-0.3, -0.25) is 0 Å². The smallest absolute Gasteiger partial charge is 0.114 e. The van der Waals surface area contributed by atoms with E-state index in [1.165, 1.54) is 25.7 Å². The third-order valence-electron chi connectivity index (χ3n) is 4.82. The van der Waals surface area contributed by atoms with Gasteiger partial charge in [-0.1, -0.05) is 33.6 Å².